The predicted molar refractivity (Wildman–Crippen MR) is 99.3 cm³/mol. The first-order valence-electron chi connectivity index (χ1n) is 8.05. The first kappa shape index (κ1) is 18.4. The Kier molecular flexibility index (Phi) is 5.78. The van der Waals surface area contributed by atoms with E-state index in [1.54, 1.807) is 36.4 Å². The van der Waals surface area contributed by atoms with Crippen LogP contribution in [0.25, 0.3) is 0 Å². The Morgan fingerprint density at radius 3 is 2.48 bits per heavy atom. The zero-order valence-electron chi connectivity index (χ0n) is 13.6. The second-order valence-corrected chi connectivity index (χ2v) is 9.53. The molecule has 1 saturated heterocycles. The molecule has 25 heavy (non-hydrogen) atoms. The minimum absolute atomic E-state index is 0.0671. The number of sulfonamides is 1. The lowest BCUT2D eigenvalue weighted by Crippen LogP contribution is -2.28. The molecule has 2 aromatic rings. The largest absolute Gasteiger partial charge is 0.342 e. The monoisotopic (exact) mass is 398 g/mol. The number of carbonyl (C=O) groups is 1. The van der Waals surface area contributed by atoms with Crippen molar-refractivity contribution >= 4 is 38.9 Å². The van der Waals surface area contributed by atoms with Gasteiger partial charge in [0, 0.05) is 29.5 Å². The number of hydrogen-bond donors (Lipinski definition) is 1. The van der Waals surface area contributed by atoms with E-state index in [2.05, 4.69) is 4.72 Å². The van der Waals surface area contributed by atoms with Crippen LogP contribution in [0.1, 0.15) is 23.3 Å². The zero-order chi connectivity index (χ0) is 17.9. The summed E-state index contributed by atoms with van der Waals surface area (Å²) in [5, 5.41) is 0.608. The Bertz CT molecular complexity index is 841. The van der Waals surface area contributed by atoms with Gasteiger partial charge in [-0.05, 0) is 42.7 Å². The number of carbonyl (C=O) groups excluding carboxylic acids is 1. The van der Waals surface area contributed by atoms with Crippen LogP contribution in [0.2, 0.25) is 5.02 Å². The molecule has 134 valence electrons. The Labute approximate surface area is 156 Å². The Morgan fingerprint density at radius 1 is 1.12 bits per heavy atom. The molecule has 0 aliphatic carbocycles. The summed E-state index contributed by atoms with van der Waals surface area (Å²) in [5.41, 5.74) is 0.828. The van der Waals surface area contributed by atoms with Gasteiger partial charge in [-0.25, -0.2) is 13.1 Å². The van der Waals surface area contributed by atoms with E-state index < -0.39 is 10.0 Å². The molecule has 1 aliphatic rings. The van der Waals surface area contributed by atoms with Gasteiger partial charge in [0.15, 0.2) is 0 Å². The van der Waals surface area contributed by atoms with E-state index in [0.717, 1.165) is 47.7 Å². The van der Waals surface area contributed by atoms with Crippen molar-refractivity contribution in [2.45, 2.75) is 30.0 Å². The van der Waals surface area contributed by atoms with Crippen molar-refractivity contribution < 1.29 is 13.2 Å². The Morgan fingerprint density at radius 2 is 1.80 bits per heavy atom. The van der Waals surface area contributed by atoms with Crippen molar-refractivity contribution in [1.82, 2.24) is 9.62 Å². The molecule has 0 saturated carbocycles. The van der Waals surface area contributed by atoms with Gasteiger partial charge in [-0.2, -0.15) is 0 Å². The van der Waals surface area contributed by atoms with Crippen LogP contribution < -0.4 is 4.72 Å². The van der Waals surface area contributed by atoms with Crippen LogP contribution in [0.4, 0.5) is 0 Å². The number of thiophene rings is 1. The third-order valence-corrected chi connectivity index (χ3v) is 7.30. The average molecular weight is 399 g/mol. The summed E-state index contributed by atoms with van der Waals surface area (Å²) in [4.78, 5) is 14.8. The highest BCUT2D eigenvalue weighted by Crippen LogP contribution is 2.23. The van der Waals surface area contributed by atoms with Gasteiger partial charge in [-0.15, -0.1) is 11.3 Å². The minimum Gasteiger partial charge on any atom is -0.342 e. The summed E-state index contributed by atoms with van der Waals surface area (Å²) in [7, 11) is -3.59. The van der Waals surface area contributed by atoms with E-state index in [1.165, 1.54) is 0 Å². The van der Waals surface area contributed by atoms with E-state index in [0.29, 0.717) is 5.02 Å². The molecule has 1 aliphatic heterocycles. The highest BCUT2D eigenvalue weighted by Gasteiger charge is 2.21. The predicted octanol–water partition coefficient (Wildman–Crippen LogP) is 3.04. The Hall–Kier alpha value is -1.41. The van der Waals surface area contributed by atoms with E-state index in [1.807, 2.05) is 4.90 Å². The van der Waals surface area contributed by atoms with Crippen molar-refractivity contribution in [2.75, 3.05) is 13.1 Å². The van der Waals surface area contributed by atoms with Gasteiger partial charge in [0.25, 0.3) is 0 Å². The number of nitrogens with zero attached hydrogens (tertiary/aromatic N) is 1. The fourth-order valence-corrected chi connectivity index (χ4v) is 5.21. The molecule has 0 unspecified atom stereocenters. The van der Waals surface area contributed by atoms with Crippen molar-refractivity contribution in [3.8, 4) is 0 Å². The van der Waals surface area contributed by atoms with Crippen LogP contribution in [0, 0.1) is 0 Å². The number of halogens is 1. The van der Waals surface area contributed by atoms with E-state index in [4.69, 9.17) is 11.6 Å². The number of nitrogens with one attached hydrogen (secondary N) is 1. The molecule has 1 aromatic carbocycles. The summed E-state index contributed by atoms with van der Waals surface area (Å²) in [6.07, 6.45) is 2.35. The molecule has 0 radical (unpaired) electrons. The van der Waals surface area contributed by atoms with Crippen LogP contribution in [0.3, 0.4) is 0 Å². The molecule has 0 spiro atoms. The molecule has 5 nitrogen and oxygen atoms in total. The number of benzene rings is 1. The lowest BCUT2D eigenvalue weighted by Gasteiger charge is -2.14. The lowest BCUT2D eigenvalue weighted by atomic mass is 10.2. The third-order valence-electron chi connectivity index (χ3n) is 4.07. The van der Waals surface area contributed by atoms with Crippen LogP contribution in [0.15, 0.2) is 40.6 Å². The second-order valence-electron chi connectivity index (χ2n) is 5.94. The summed E-state index contributed by atoms with van der Waals surface area (Å²) in [5.74, 6) is 0.0671. The summed E-state index contributed by atoms with van der Waals surface area (Å²) in [6.45, 7) is 1.80. The Balaban J connectivity index is 1.61. The van der Waals surface area contributed by atoms with Gasteiger partial charge in [0.2, 0.25) is 15.9 Å². The topological polar surface area (TPSA) is 66.5 Å². The number of rotatable bonds is 6. The SMILES string of the molecule is O=C(Cc1ccc(S(=O)(=O)NCc2ccc(Cl)cc2)s1)N1CCCC1. The van der Waals surface area contributed by atoms with Crippen LogP contribution in [-0.2, 0) is 27.8 Å². The number of likely N-dealkylation sites (tertiary alicyclic amines) is 1. The molecule has 1 aromatic heterocycles. The highest BCUT2D eigenvalue weighted by molar-refractivity contribution is 7.91. The van der Waals surface area contributed by atoms with Gasteiger partial charge in [-0.1, -0.05) is 23.7 Å². The van der Waals surface area contributed by atoms with Crippen molar-refractivity contribution in [3.63, 3.8) is 0 Å². The summed E-state index contributed by atoms with van der Waals surface area (Å²) >= 11 is 6.97. The van der Waals surface area contributed by atoms with Gasteiger partial charge in [0.1, 0.15) is 4.21 Å². The smallest absolute Gasteiger partial charge is 0.250 e. The second kappa shape index (κ2) is 7.86. The summed E-state index contributed by atoms with van der Waals surface area (Å²) < 4.78 is 27.6. The van der Waals surface area contributed by atoms with Crippen molar-refractivity contribution in [2.24, 2.45) is 0 Å². The molecular formula is C17H19ClN2O3S2. The fourth-order valence-electron chi connectivity index (χ4n) is 2.68. The van der Waals surface area contributed by atoms with Gasteiger partial charge in [-0.3, -0.25) is 4.79 Å². The van der Waals surface area contributed by atoms with Crippen LogP contribution >= 0.6 is 22.9 Å². The molecule has 1 amide bonds. The number of amides is 1. The van der Waals surface area contributed by atoms with Gasteiger partial charge in [0.05, 0.1) is 6.42 Å². The maximum atomic E-state index is 12.4. The third kappa shape index (κ3) is 4.82. The van der Waals surface area contributed by atoms with Gasteiger partial charge >= 0.3 is 0 Å². The first-order chi connectivity index (χ1) is 11.9. The quantitative estimate of drug-likeness (QED) is 0.813. The molecule has 0 atom stereocenters. The standard InChI is InChI=1S/C17H19ClN2O3S2/c18-14-5-3-13(4-6-14)12-19-25(22,23)17-8-7-15(24-17)11-16(21)20-9-1-2-10-20/h3-8,19H,1-2,9-12H2. The zero-order valence-corrected chi connectivity index (χ0v) is 16.0. The molecule has 2 heterocycles. The van der Waals surface area contributed by atoms with E-state index >= 15 is 0 Å². The first-order valence-corrected chi connectivity index (χ1v) is 10.7. The molecule has 0 bridgehead atoms. The average Bonchev–Trinajstić information content (AvgIpc) is 3.26. The molecule has 1 N–H and O–H groups in total. The summed E-state index contributed by atoms with van der Waals surface area (Å²) in [6, 6.07) is 10.3. The minimum atomic E-state index is -3.59. The van der Waals surface area contributed by atoms with Gasteiger partial charge < -0.3 is 4.90 Å². The number of hydrogen-bond acceptors (Lipinski definition) is 4. The lowest BCUT2D eigenvalue weighted by molar-refractivity contribution is -0.129. The molecule has 8 heteroatoms. The molecular weight excluding hydrogens is 380 g/mol. The maximum absolute atomic E-state index is 12.4. The highest BCUT2D eigenvalue weighted by atomic mass is 35.5. The van der Waals surface area contributed by atoms with Crippen LogP contribution in [-0.4, -0.2) is 32.3 Å². The maximum Gasteiger partial charge on any atom is 0.250 e. The normalized spacial score (nSPS) is 14.8. The van der Waals surface area contributed by atoms with Crippen molar-refractivity contribution in [3.05, 3.63) is 51.9 Å². The molecule has 3 rings (SSSR count). The fraction of sp³-hybridized carbons (Fsp3) is 0.353. The van der Waals surface area contributed by atoms with E-state index in [-0.39, 0.29) is 23.1 Å². The van der Waals surface area contributed by atoms with Crippen molar-refractivity contribution in [1.29, 1.82) is 0 Å². The van der Waals surface area contributed by atoms with Crippen LogP contribution in [0.5, 0.6) is 0 Å². The molecule has 1 fully saturated rings. The van der Waals surface area contributed by atoms with E-state index in [9.17, 15) is 13.2 Å².